The van der Waals surface area contributed by atoms with E-state index in [2.05, 4.69) is 26.0 Å². The quantitative estimate of drug-likeness (QED) is 0.0185. The van der Waals surface area contributed by atoms with Gasteiger partial charge in [-0.2, -0.15) is 0 Å². The summed E-state index contributed by atoms with van der Waals surface area (Å²) in [6.45, 7) is 6.30. The van der Waals surface area contributed by atoms with E-state index in [1.54, 1.807) is 36.5 Å². The third kappa shape index (κ3) is 51.7. The Hall–Kier alpha value is -8.42. The van der Waals surface area contributed by atoms with Gasteiger partial charge < -0.3 is 126 Å². The van der Waals surface area contributed by atoms with E-state index in [0.29, 0.717) is 160 Å². The molecule has 0 saturated heterocycles. The van der Waals surface area contributed by atoms with Crippen molar-refractivity contribution >= 4 is 35.6 Å². The molecule has 0 aliphatic heterocycles. The van der Waals surface area contributed by atoms with Crippen molar-refractivity contribution < 1.29 is 131 Å². The highest BCUT2D eigenvalue weighted by molar-refractivity contribution is 5.85. The molecule has 0 bridgehead atoms. The van der Waals surface area contributed by atoms with Gasteiger partial charge in [0.15, 0.2) is 0 Å². The summed E-state index contributed by atoms with van der Waals surface area (Å²) in [5, 5.41) is 195. The number of unbranched alkanes of at least 4 members (excludes halogenated alkanes) is 9. The highest BCUT2D eigenvalue weighted by Gasteiger charge is 2.44. The Kier molecular flexibility index (Phi) is 61.9. The Morgan fingerprint density at radius 1 is 0.363 bits per heavy atom. The van der Waals surface area contributed by atoms with Crippen LogP contribution in [0.2, 0.25) is 0 Å². The SMILES string of the molecule is CCCCC[C@H](O)/C=C/[C@@H]1[C@@H](C/C=C\CCCC(=O)[O-])[C@@H](O)C[C@H]1O.CCCCC[C@H](O)/C=C/[C@H]1[C@H](O)CC(=O)[C@@H]1C/C=C\CCCC(=O)[O-].Cc1cccc(OC[C@H](O)/C=C/[C@@H]2[C@@H](C/C=C\CCCC(=O)[O-])[C@@H](O)C[C@H]2O)c1.O=C([O-])CCC/C=C\C[C@@H]1[C@@H](/C=C/[C@@H](O)CCc2ccccc2)[C@H](O)C[C@@H]1O.O=C([O-])CCC/C=C\C[C@@H]1[C@@H](CC[C@@H](O)CCc2ccccc2)[C@H](O)C[C@@H]1O. The van der Waals surface area contributed by atoms with Crippen LogP contribution in [0.4, 0.5) is 0 Å². The van der Waals surface area contributed by atoms with Crippen LogP contribution in [0.3, 0.4) is 0 Å². The van der Waals surface area contributed by atoms with Gasteiger partial charge in [-0.3, -0.25) is 4.79 Å². The molecule has 0 unspecified atom stereocenters. The molecule has 0 amide bonds. The molecule has 0 aromatic heterocycles. The van der Waals surface area contributed by atoms with Crippen molar-refractivity contribution in [2.75, 3.05) is 6.61 Å². The van der Waals surface area contributed by atoms with Gasteiger partial charge in [-0.05, 0) is 252 Å². The van der Waals surface area contributed by atoms with Crippen LogP contribution in [0.25, 0.3) is 0 Å². The summed E-state index contributed by atoms with van der Waals surface area (Å²) in [6.07, 6.45) is 47.6. The average molecular weight is 1890 g/mol. The maximum Gasteiger partial charge on any atom is 0.139 e. The number of Topliss-reactive ketones (excluding diaryl/α,β-unsaturated/α-hetero) is 1. The number of aliphatic hydroxyl groups is 14. The maximum atomic E-state index is 12.1. The molecular weight excluding hydrogens is 1730 g/mol. The van der Waals surface area contributed by atoms with Crippen molar-refractivity contribution in [2.24, 2.45) is 59.2 Å². The van der Waals surface area contributed by atoms with Crippen LogP contribution in [0, 0.1) is 66.1 Å². The first kappa shape index (κ1) is 119. The van der Waals surface area contributed by atoms with Gasteiger partial charge in [-0.1, -0.05) is 235 Å². The van der Waals surface area contributed by atoms with Crippen molar-refractivity contribution in [3.05, 3.63) is 211 Å². The number of allylic oxidation sites excluding steroid dienone is 10. The molecule has 5 aliphatic carbocycles. The van der Waals surface area contributed by atoms with Crippen LogP contribution in [-0.2, 0) is 41.6 Å². The summed E-state index contributed by atoms with van der Waals surface area (Å²) in [7, 11) is 0. The van der Waals surface area contributed by atoms with E-state index in [4.69, 9.17) is 4.74 Å². The number of carboxylic acid groups (broad SMARTS) is 5. The number of ether oxygens (including phenoxy) is 1. The van der Waals surface area contributed by atoms with E-state index in [0.717, 1.165) is 63.4 Å². The minimum absolute atomic E-state index is 0.0192. The summed E-state index contributed by atoms with van der Waals surface area (Å²) < 4.78 is 5.59. The Labute approximate surface area is 801 Å². The molecular formula is C109H159O26-5. The van der Waals surface area contributed by atoms with Gasteiger partial charge in [-0.15, -0.1) is 0 Å². The van der Waals surface area contributed by atoms with Gasteiger partial charge in [0, 0.05) is 85.1 Å². The van der Waals surface area contributed by atoms with Crippen LogP contribution >= 0.6 is 0 Å². The van der Waals surface area contributed by atoms with Crippen LogP contribution < -0.4 is 30.3 Å². The van der Waals surface area contributed by atoms with E-state index >= 15 is 0 Å². The lowest BCUT2D eigenvalue weighted by Crippen LogP contribution is -2.23. The van der Waals surface area contributed by atoms with Crippen LogP contribution in [0.15, 0.2) is 194 Å². The minimum atomic E-state index is -1.05. The predicted molar refractivity (Wildman–Crippen MR) is 510 cm³/mol. The number of aryl methyl sites for hydroxylation is 3. The summed E-state index contributed by atoms with van der Waals surface area (Å²) >= 11 is 0. The molecule has 3 aromatic carbocycles. The van der Waals surface area contributed by atoms with E-state index in [9.17, 15) is 126 Å². The lowest BCUT2D eigenvalue weighted by atomic mass is 9.85. The van der Waals surface area contributed by atoms with Gasteiger partial charge in [-0.25, -0.2) is 0 Å². The molecule has 24 atom stereocenters. The molecule has 26 nitrogen and oxygen atoms in total. The molecule has 8 rings (SSSR count). The molecule has 135 heavy (non-hydrogen) atoms. The van der Waals surface area contributed by atoms with Crippen molar-refractivity contribution in [3.63, 3.8) is 0 Å². The van der Waals surface area contributed by atoms with Gasteiger partial charge in [0.1, 0.15) is 24.2 Å². The number of aliphatic hydroxyl groups excluding tert-OH is 14. The van der Waals surface area contributed by atoms with Crippen molar-refractivity contribution in [3.8, 4) is 5.75 Å². The zero-order chi connectivity index (χ0) is 99.2. The molecule has 26 heteroatoms. The summed E-state index contributed by atoms with van der Waals surface area (Å²) in [6, 6.07) is 27.6. The summed E-state index contributed by atoms with van der Waals surface area (Å²) in [5.41, 5.74) is 3.46. The molecule has 5 aliphatic rings. The Balaban J connectivity index is 0.000000353. The van der Waals surface area contributed by atoms with Crippen molar-refractivity contribution in [1.82, 2.24) is 0 Å². The molecule has 5 saturated carbocycles. The molecule has 0 spiro atoms. The first-order chi connectivity index (χ1) is 64.7. The van der Waals surface area contributed by atoms with Gasteiger partial charge in [0.2, 0.25) is 0 Å². The fourth-order valence-corrected chi connectivity index (χ4v) is 18.1. The van der Waals surface area contributed by atoms with E-state index < -0.39 is 115 Å². The number of benzene rings is 3. The Bertz CT molecular complexity index is 4010. The minimum Gasteiger partial charge on any atom is -0.550 e. The van der Waals surface area contributed by atoms with Crippen LogP contribution in [-0.4, -0.2) is 199 Å². The largest absolute Gasteiger partial charge is 0.550 e. The van der Waals surface area contributed by atoms with Gasteiger partial charge in [0.05, 0.1) is 79.4 Å². The normalized spacial score (nSPS) is 26.2. The third-order valence-electron chi connectivity index (χ3n) is 26.0. The monoisotopic (exact) mass is 1880 g/mol. The van der Waals surface area contributed by atoms with Crippen molar-refractivity contribution in [2.45, 2.75) is 357 Å². The second-order valence-corrected chi connectivity index (χ2v) is 37.0. The van der Waals surface area contributed by atoms with E-state index in [-0.39, 0.29) is 110 Å². The topological polar surface area (TPSA) is 510 Å². The highest BCUT2D eigenvalue weighted by Crippen LogP contribution is 2.42. The zero-order valence-electron chi connectivity index (χ0n) is 79.8. The summed E-state index contributed by atoms with van der Waals surface area (Å²) in [5.74, 6) is -6.01. The number of carbonyl (C=O) groups is 6. The number of hydrogen-bond acceptors (Lipinski definition) is 26. The van der Waals surface area contributed by atoms with Crippen LogP contribution in [0.5, 0.6) is 5.75 Å². The molecule has 0 heterocycles. The van der Waals surface area contributed by atoms with E-state index in [1.807, 2.05) is 153 Å². The standard InChI is InChI=1S/C23H32O6.C23H34O5.C23H32O5.C20H34O5.C20H32O5/c1-16-7-6-8-18(13-16)29-15-17(24)11-12-20-19(21(25)14-22(20)26)9-4-2-3-5-10-23(27)28;2*24-18(13-12-17-8-4-3-5-9-17)14-15-20-19(21(25)16-22(20)26)10-6-1-2-7-11-23(27)28;2*1-2-3-6-9-15(21)12-13-17-16(18(22)14-19(17)23)10-7-4-5-8-11-20(24)25/h2,4,6-8,11-13,17,19-22,24-26H,3,5,9-10,14-15H2,1H3,(H,27,28);1,3-6,8-9,18-22,24-26H,2,7,10-16H2,(H,27,28);1,3-6,8-9,14-15,18-22,24-26H,2,7,10-13,16H2,(H,27,28);4,7,12-13,15-19,21-23H,2-3,5-6,8-11,14H2,1H3,(H,24,25);4,7,12-13,15-17,19,21,23H,2-3,5-6,8-11,14H2,1H3,(H,24,25)/p-5/b4-2-,12-11+;6-1-;6-1-,15-14+;2*7-4-,13-12+/t17-,19-,20-,21+,22-;2*18-,19+,20+,21-,22+;15-,16+,17+,18-,19+;15-,16+,17+,19+/m10000/s1. The molecule has 756 valence electrons. The smallest absolute Gasteiger partial charge is 0.139 e. The third-order valence-corrected chi connectivity index (χ3v) is 26.0. The molecule has 3 aromatic rings. The van der Waals surface area contributed by atoms with E-state index in [1.165, 1.54) is 11.1 Å². The Morgan fingerprint density at radius 2 is 0.704 bits per heavy atom. The molecule has 0 radical (unpaired) electrons. The van der Waals surface area contributed by atoms with Gasteiger partial charge in [0.25, 0.3) is 0 Å². The lowest BCUT2D eigenvalue weighted by Gasteiger charge is -2.23. The maximum absolute atomic E-state index is 12.1. The second-order valence-electron chi connectivity index (χ2n) is 37.0. The molecule has 5 fully saturated rings. The predicted octanol–water partition coefficient (Wildman–Crippen LogP) is 8.89. The van der Waals surface area contributed by atoms with Crippen molar-refractivity contribution in [1.29, 1.82) is 0 Å². The fraction of sp³-hybridized carbons (Fsp3) is 0.615. The average Bonchev–Trinajstić information content (AvgIpc) is 1.73. The summed E-state index contributed by atoms with van der Waals surface area (Å²) in [4.78, 5) is 64.0. The number of carbonyl (C=O) groups excluding carboxylic acids is 6. The highest BCUT2D eigenvalue weighted by atomic mass is 16.5. The number of aliphatic carboxylic acids is 5. The number of rotatable bonds is 58. The second kappa shape index (κ2) is 70.2. The first-order valence-corrected chi connectivity index (χ1v) is 49.5. The molecule has 14 N–H and O–H groups in total. The number of ketones is 1. The fourth-order valence-electron chi connectivity index (χ4n) is 18.1. The van der Waals surface area contributed by atoms with Crippen LogP contribution in [0.1, 0.15) is 268 Å². The number of carboxylic acids is 5. The lowest BCUT2D eigenvalue weighted by molar-refractivity contribution is -0.307. The zero-order valence-corrected chi connectivity index (χ0v) is 79.8. The van der Waals surface area contributed by atoms with Gasteiger partial charge >= 0.3 is 0 Å². The number of hydrogen-bond donors (Lipinski definition) is 14. The Morgan fingerprint density at radius 3 is 1.09 bits per heavy atom. The first-order valence-electron chi connectivity index (χ1n) is 49.5.